The summed E-state index contributed by atoms with van der Waals surface area (Å²) in [5.74, 6) is -1.14. The lowest BCUT2D eigenvalue weighted by Crippen LogP contribution is -2.33. The maximum atomic E-state index is 12.8. The van der Waals surface area contributed by atoms with Gasteiger partial charge in [0.25, 0.3) is 5.91 Å². The number of aromatic hydroxyl groups is 1. The van der Waals surface area contributed by atoms with Gasteiger partial charge in [-0.15, -0.1) is 0 Å². The van der Waals surface area contributed by atoms with Gasteiger partial charge < -0.3 is 24.6 Å². The second-order valence-electron chi connectivity index (χ2n) is 7.76. The Morgan fingerprint density at radius 2 is 1.86 bits per heavy atom. The van der Waals surface area contributed by atoms with Gasteiger partial charge in [0, 0.05) is 12.1 Å². The van der Waals surface area contributed by atoms with Gasteiger partial charge in [0.05, 0.1) is 18.8 Å². The van der Waals surface area contributed by atoms with E-state index >= 15 is 0 Å². The fourth-order valence-electron chi connectivity index (χ4n) is 3.53. The number of benzene rings is 1. The first-order valence-corrected chi connectivity index (χ1v) is 9.64. The predicted molar refractivity (Wildman–Crippen MR) is 108 cm³/mol. The number of phenols is 1. The van der Waals surface area contributed by atoms with E-state index in [0.717, 1.165) is 0 Å². The molecule has 1 aromatic rings. The summed E-state index contributed by atoms with van der Waals surface area (Å²) in [6.45, 7) is 5.38. The first-order chi connectivity index (χ1) is 13.7. The minimum absolute atomic E-state index is 0.161. The van der Waals surface area contributed by atoms with Gasteiger partial charge >= 0.3 is 0 Å². The zero-order chi connectivity index (χ0) is 21.2. The normalized spacial score (nSPS) is 29.2. The lowest BCUT2D eigenvalue weighted by molar-refractivity contribution is -0.152. The molecule has 1 aromatic carbocycles. The minimum atomic E-state index is -0.856. The molecule has 7 nitrogen and oxygen atoms in total. The fraction of sp³-hybridized carbons (Fsp3) is 0.455. The second kappa shape index (κ2) is 8.39. The van der Waals surface area contributed by atoms with Crippen LogP contribution >= 0.6 is 0 Å². The highest BCUT2D eigenvalue weighted by molar-refractivity contribution is 6.01. The van der Waals surface area contributed by atoms with Gasteiger partial charge in [-0.05, 0) is 51.3 Å². The average molecular weight is 401 g/mol. The molecule has 1 amide bonds. The van der Waals surface area contributed by atoms with E-state index < -0.39 is 23.9 Å². The van der Waals surface area contributed by atoms with Gasteiger partial charge in [0.1, 0.15) is 17.6 Å². The highest BCUT2D eigenvalue weighted by Crippen LogP contribution is 2.32. The number of phenolic OH excluding ortho intramolecular Hbond substituents is 1. The number of fused-ring (bicyclic) bond motifs is 2. The van der Waals surface area contributed by atoms with Gasteiger partial charge in [-0.1, -0.05) is 18.2 Å². The van der Waals surface area contributed by atoms with Crippen molar-refractivity contribution in [3.8, 4) is 11.5 Å². The molecule has 2 N–H and O–H groups in total. The van der Waals surface area contributed by atoms with Crippen LogP contribution in [-0.2, 0) is 14.3 Å². The maximum Gasteiger partial charge on any atom is 0.255 e. The van der Waals surface area contributed by atoms with Crippen LogP contribution in [0.15, 0.2) is 30.4 Å². The molecule has 7 heteroatoms. The third kappa shape index (κ3) is 4.86. The second-order valence-corrected chi connectivity index (χ2v) is 7.76. The summed E-state index contributed by atoms with van der Waals surface area (Å²) in [6, 6.07) is 2.85. The Labute approximate surface area is 170 Å². The number of hydrogen-bond acceptors (Lipinski definition) is 6. The topological polar surface area (TPSA) is 94.1 Å². The summed E-state index contributed by atoms with van der Waals surface area (Å²) in [6.07, 6.45) is 6.45. The molecule has 29 heavy (non-hydrogen) atoms. The number of hydrogen-bond donors (Lipinski definition) is 2. The molecule has 1 saturated heterocycles. The molecule has 3 atom stereocenters. The van der Waals surface area contributed by atoms with Crippen LogP contribution in [-0.4, -0.2) is 47.9 Å². The third-order valence-electron chi connectivity index (χ3n) is 4.86. The van der Waals surface area contributed by atoms with Crippen LogP contribution in [0.3, 0.4) is 0 Å². The predicted octanol–water partition coefficient (Wildman–Crippen LogP) is 2.97. The number of ketones is 1. The number of ether oxygens (including phenoxy) is 3. The Kier molecular flexibility index (Phi) is 6.10. The summed E-state index contributed by atoms with van der Waals surface area (Å²) in [7, 11) is 1.49. The summed E-state index contributed by atoms with van der Waals surface area (Å²) in [5, 5.41) is 13.3. The molecule has 3 rings (SSSR count). The third-order valence-corrected chi connectivity index (χ3v) is 4.86. The lowest BCUT2D eigenvalue weighted by atomic mass is 10.0. The molecule has 156 valence electrons. The van der Waals surface area contributed by atoms with Gasteiger partial charge in [-0.2, -0.15) is 0 Å². The Bertz CT molecular complexity index is 857. The molecule has 2 heterocycles. The van der Waals surface area contributed by atoms with E-state index in [1.807, 2.05) is 6.92 Å². The number of carbonyl (C=O) groups is 2. The summed E-state index contributed by atoms with van der Waals surface area (Å²) in [4.78, 5) is 25.4. The highest BCUT2D eigenvalue weighted by Gasteiger charge is 2.43. The van der Waals surface area contributed by atoms with Crippen molar-refractivity contribution in [1.29, 1.82) is 0 Å². The van der Waals surface area contributed by atoms with E-state index in [9.17, 15) is 14.7 Å². The van der Waals surface area contributed by atoms with E-state index in [2.05, 4.69) is 5.32 Å². The smallest absolute Gasteiger partial charge is 0.255 e. The van der Waals surface area contributed by atoms with E-state index in [1.165, 1.54) is 19.3 Å². The molecule has 0 saturated carbocycles. The molecular formula is C22H27NO6. The Morgan fingerprint density at radius 3 is 2.59 bits per heavy atom. The molecule has 0 unspecified atom stereocenters. The molecule has 0 radical (unpaired) electrons. The summed E-state index contributed by atoms with van der Waals surface area (Å²) in [5.41, 5.74) is 0.687. The van der Waals surface area contributed by atoms with E-state index in [0.29, 0.717) is 24.2 Å². The van der Waals surface area contributed by atoms with Crippen LogP contribution in [0.4, 0.5) is 0 Å². The van der Waals surface area contributed by atoms with Crippen LogP contribution in [0.2, 0.25) is 0 Å². The van der Waals surface area contributed by atoms with Crippen LogP contribution in [0, 0.1) is 0 Å². The first kappa shape index (κ1) is 21.1. The Hall–Kier alpha value is -2.64. The van der Waals surface area contributed by atoms with Crippen LogP contribution in [0.5, 0.6) is 11.5 Å². The number of methoxy groups -OCH3 is 1. The lowest BCUT2D eigenvalue weighted by Gasteiger charge is -2.17. The fourth-order valence-corrected chi connectivity index (χ4v) is 3.53. The molecular weight excluding hydrogens is 374 g/mol. The zero-order valence-corrected chi connectivity index (χ0v) is 17.1. The summed E-state index contributed by atoms with van der Waals surface area (Å²) >= 11 is 0. The van der Waals surface area contributed by atoms with Crippen molar-refractivity contribution >= 4 is 17.8 Å². The van der Waals surface area contributed by atoms with Crippen LogP contribution < -0.4 is 10.1 Å². The van der Waals surface area contributed by atoms with Crippen molar-refractivity contribution in [2.24, 2.45) is 0 Å². The van der Waals surface area contributed by atoms with Crippen molar-refractivity contribution in [3.63, 3.8) is 0 Å². The molecule has 1 fully saturated rings. The number of rotatable bonds is 1. The largest absolute Gasteiger partial charge is 0.507 e. The monoisotopic (exact) mass is 401 g/mol. The van der Waals surface area contributed by atoms with Crippen LogP contribution in [0.1, 0.15) is 49.5 Å². The molecule has 0 aromatic heterocycles. The number of nitrogens with one attached hydrogen (secondary N) is 1. The van der Waals surface area contributed by atoms with E-state index in [4.69, 9.17) is 14.2 Å². The average Bonchev–Trinajstić information content (AvgIpc) is 2.95. The molecule has 0 spiro atoms. The molecule has 2 aliphatic heterocycles. The van der Waals surface area contributed by atoms with Gasteiger partial charge in [-0.3, -0.25) is 9.59 Å². The molecule has 2 aliphatic rings. The minimum Gasteiger partial charge on any atom is -0.507 e. The maximum absolute atomic E-state index is 12.8. The summed E-state index contributed by atoms with van der Waals surface area (Å²) < 4.78 is 16.9. The van der Waals surface area contributed by atoms with E-state index in [-0.39, 0.29) is 23.1 Å². The van der Waals surface area contributed by atoms with Crippen LogP contribution in [0.25, 0.3) is 6.08 Å². The SMILES string of the molecule is COc1cc(O)c2c(c1)/C=C/C[C@H]1OC(C)(C)O[C@@H]1C(=O)/C=C\C[C@H](C)NC2=O. The standard InChI is InChI=1S/C22H27NO6/c1-13-7-5-9-16(24)20-18(28-22(2,3)29-20)10-6-8-14-11-15(27-4)12-17(25)19(14)21(26)23-13/h5-6,8-9,11-13,18,20,25H,7,10H2,1-4H3,(H,23,26)/b8-6+,9-5-/t13-,18+,20+/m0/s1. The van der Waals surface area contributed by atoms with Crippen molar-refractivity contribution in [2.45, 2.75) is 57.6 Å². The molecule has 0 aliphatic carbocycles. The van der Waals surface area contributed by atoms with Crippen molar-refractivity contribution in [3.05, 3.63) is 41.5 Å². The van der Waals surface area contributed by atoms with E-state index in [1.54, 1.807) is 38.1 Å². The quantitative estimate of drug-likeness (QED) is 0.751. The Morgan fingerprint density at radius 1 is 1.14 bits per heavy atom. The van der Waals surface area contributed by atoms with Crippen molar-refractivity contribution in [2.75, 3.05) is 7.11 Å². The van der Waals surface area contributed by atoms with Gasteiger partial charge in [0.15, 0.2) is 11.6 Å². The Balaban J connectivity index is 2.00. The number of carbonyl (C=O) groups excluding carboxylic acids is 2. The highest BCUT2D eigenvalue weighted by atomic mass is 16.8. The number of amides is 1. The van der Waals surface area contributed by atoms with Crippen molar-refractivity contribution < 1.29 is 28.9 Å². The van der Waals surface area contributed by atoms with Gasteiger partial charge in [-0.25, -0.2) is 0 Å². The zero-order valence-electron chi connectivity index (χ0n) is 17.1. The van der Waals surface area contributed by atoms with Crippen molar-refractivity contribution in [1.82, 2.24) is 5.32 Å². The first-order valence-electron chi connectivity index (χ1n) is 9.64. The van der Waals surface area contributed by atoms with Gasteiger partial charge in [0.2, 0.25) is 0 Å². The molecule has 0 bridgehead atoms.